The Morgan fingerprint density at radius 2 is 1.71 bits per heavy atom. The number of aromatic nitrogens is 3. The van der Waals surface area contributed by atoms with Crippen LogP contribution < -0.4 is 10.2 Å². The van der Waals surface area contributed by atoms with Crippen LogP contribution in [0.4, 0.5) is 5.69 Å². The first-order chi connectivity index (χ1) is 15.0. The van der Waals surface area contributed by atoms with Crippen LogP contribution in [0.1, 0.15) is 12.8 Å². The fourth-order valence-electron chi connectivity index (χ4n) is 4.57. The molecule has 12 heteroatoms. The molecule has 8 nitrogen and oxygen atoms in total. The van der Waals surface area contributed by atoms with E-state index in [0.717, 1.165) is 56.2 Å². The highest BCUT2D eigenvalue weighted by Crippen LogP contribution is 2.24. The normalized spacial score (nSPS) is 17.5. The molecule has 0 bridgehead atoms. The SMILES string of the molecule is CS(=O)(=O)c1cccc(-c2cc3ncc(N4CCN(C5CCNCC5)CC4)cn3n2)c1.Cl.Cl.Cl. The fraction of sp³-hybridized carbons (Fsp3) is 0.455. The van der Waals surface area contributed by atoms with E-state index >= 15 is 0 Å². The molecule has 0 spiro atoms. The van der Waals surface area contributed by atoms with Gasteiger partial charge in [-0.15, -0.1) is 37.2 Å². The van der Waals surface area contributed by atoms with Crippen molar-refractivity contribution in [2.24, 2.45) is 0 Å². The van der Waals surface area contributed by atoms with Crippen molar-refractivity contribution in [1.29, 1.82) is 0 Å². The summed E-state index contributed by atoms with van der Waals surface area (Å²) in [6.45, 7) is 6.38. The van der Waals surface area contributed by atoms with Gasteiger partial charge in [-0.2, -0.15) is 5.10 Å². The van der Waals surface area contributed by atoms with Gasteiger partial charge < -0.3 is 10.2 Å². The van der Waals surface area contributed by atoms with E-state index in [4.69, 9.17) is 0 Å². The van der Waals surface area contributed by atoms with Crippen molar-refractivity contribution in [2.75, 3.05) is 50.4 Å². The molecule has 1 aromatic carbocycles. The number of piperidine rings is 1. The van der Waals surface area contributed by atoms with Crippen molar-refractivity contribution in [3.8, 4) is 11.3 Å². The topological polar surface area (TPSA) is 82.8 Å². The molecular weight excluding hydrogens is 519 g/mol. The maximum absolute atomic E-state index is 11.9. The van der Waals surface area contributed by atoms with Gasteiger partial charge in [0.25, 0.3) is 0 Å². The lowest BCUT2D eigenvalue weighted by Gasteiger charge is -2.41. The van der Waals surface area contributed by atoms with E-state index in [1.54, 1.807) is 22.7 Å². The number of hydrogen-bond acceptors (Lipinski definition) is 7. The second-order valence-electron chi connectivity index (χ2n) is 8.45. The lowest BCUT2D eigenvalue weighted by molar-refractivity contribution is 0.153. The molecule has 0 radical (unpaired) electrons. The van der Waals surface area contributed by atoms with Gasteiger partial charge in [0.05, 0.1) is 28.7 Å². The Hall–Kier alpha value is -1.62. The van der Waals surface area contributed by atoms with Crippen LogP contribution in [0.15, 0.2) is 47.6 Å². The lowest BCUT2D eigenvalue weighted by atomic mass is 10.0. The minimum absolute atomic E-state index is 0. The van der Waals surface area contributed by atoms with E-state index in [-0.39, 0.29) is 37.2 Å². The molecule has 0 unspecified atom stereocenters. The average molecular weight is 550 g/mol. The Kier molecular flexibility index (Phi) is 10.00. The summed E-state index contributed by atoms with van der Waals surface area (Å²) in [5.74, 6) is 0. The number of anilines is 1. The second-order valence-corrected chi connectivity index (χ2v) is 10.5. The van der Waals surface area contributed by atoms with Crippen LogP contribution in [0, 0.1) is 0 Å². The molecule has 0 aliphatic carbocycles. The van der Waals surface area contributed by atoms with Crippen LogP contribution in [0.5, 0.6) is 0 Å². The molecule has 1 N–H and O–H groups in total. The van der Waals surface area contributed by atoms with Crippen molar-refractivity contribution in [3.63, 3.8) is 0 Å². The second kappa shape index (κ2) is 11.9. The summed E-state index contributed by atoms with van der Waals surface area (Å²) in [5.41, 5.74) is 3.30. The summed E-state index contributed by atoms with van der Waals surface area (Å²) in [6, 6.07) is 9.49. The molecule has 2 fully saturated rings. The molecule has 4 heterocycles. The Balaban J connectivity index is 0.00000136. The number of piperazine rings is 1. The third-order valence-electron chi connectivity index (χ3n) is 6.36. The first kappa shape index (κ1) is 28.6. The molecule has 2 saturated heterocycles. The Bertz CT molecular complexity index is 1190. The molecule has 2 aliphatic rings. The Morgan fingerprint density at radius 3 is 2.38 bits per heavy atom. The minimum atomic E-state index is -3.26. The molecule has 188 valence electrons. The van der Waals surface area contributed by atoms with Gasteiger partial charge in [-0.25, -0.2) is 17.9 Å². The molecule has 2 aromatic heterocycles. The largest absolute Gasteiger partial charge is 0.366 e. The van der Waals surface area contributed by atoms with E-state index in [1.807, 2.05) is 24.5 Å². The van der Waals surface area contributed by atoms with Crippen LogP contribution in [-0.4, -0.2) is 79.5 Å². The smallest absolute Gasteiger partial charge is 0.175 e. The van der Waals surface area contributed by atoms with Crippen LogP contribution in [0.2, 0.25) is 0 Å². The summed E-state index contributed by atoms with van der Waals surface area (Å²) in [6.07, 6.45) is 7.63. The predicted molar refractivity (Wildman–Crippen MR) is 143 cm³/mol. The first-order valence-corrected chi connectivity index (χ1v) is 12.7. The Labute approximate surface area is 219 Å². The monoisotopic (exact) mass is 548 g/mol. The Morgan fingerprint density at radius 1 is 1.00 bits per heavy atom. The zero-order valence-corrected chi connectivity index (χ0v) is 22.2. The van der Waals surface area contributed by atoms with Crippen LogP contribution in [0.3, 0.4) is 0 Å². The van der Waals surface area contributed by atoms with Gasteiger partial charge in [0.1, 0.15) is 0 Å². The van der Waals surface area contributed by atoms with Crippen molar-refractivity contribution < 1.29 is 8.42 Å². The third kappa shape index (κ3) is 6.13. The van der Waals surface area contributed by atoms with E-state index in [2.05, 4.69) is 25.2 Å². The van der Waals surface area contributed by atoms with Crippen molar-refractivity contribution in [2.45, 2.75) is 23.8 Å². The van der Waals surface area contributed by atoms with Gasteiger partial charge in [-0.1, -0.05) is 12.1 Å². The number of halogens is 3. The summed E-state index contributed by atoms with van der Waals surface area (Å²) in [7, 11) is -3.26. The highest BCUT2D eigenvalue weighted by Gasteiger charge is 2.25. The van der Waals surface area contributed by atoms with Crippen LogP contribution in [0.25, 0.3) is 16.9 Å². The fourth-order valence-corrected chi connectivity index (χ4v) is 5.24. The average Bonchev–Trinajstić information content (AvgIpc) is 3.23. The molecule has 2 aliphatic heterocycles. The zero-order chi connectivity index (χ0) is 21.4. The summed E-state index contributed by atoms with van der Waals surface area (Å²) < 4.78 is 25.6. The van der Waals surface area contributed by atoms with Crippen molar-refractivity contribution in [3.05, 3.63) is 42.7 Å². The summed E-state index contributed by atoms with van der Waals surface area (Å²) in [5, 5.41) is 8.11. The van der Waals surface area contributed by atoms with Gasteiger partial charge in [0.2, 0.25) is 0 Å². The van der Waals surface area contributed by atoms with Crippen LogP contribution in [-0.2, 0) is 9.84 Å². The molecule has 0 amide bonds. The zero-order valence-electron chi connectivity index (χ0n) is 19.0. The minimum Gasteiger partial charge on any atom is -0.366 e. The number of nitrogens with one attached hydrogen (secondary N) is 1. The van der Waals surface area contributed by atoms with E-state index in [9.17, 15) is 8.42 Å². The highest BCUT2D eigenvalue weighted by molar-refractivity contribution is 7.90. The molecule has 5 rings (SSSR count). The maximum atomic E-state index is 11.9. The lowest BCUT2D eigenvalue weighted by Crippen LogP contribution is -2.52. The molecule has 34 heavy (non-hydrogen) atoms. The maximum Gasteiger partial charge on any atom is 0.175 e. The summed E-state index contributed by atoms with van der Waals surface area (Å²) in [4.78, 5) is 9.89. The first-order valence-electron chi connectivity index (χ1n) is 10.8. The summed E-state index contributed by atoms with van der Waals surface area (Å²) >= 11 is 0. The van der Waals surface area contributed by atoms with E-state index in [1.165, 1.54) is 19.1 Å². The highest BCUT2D eigenvalue weighted by atomic mass is 35.5. The van der Waals surface area contributed by atoms with Crippen LogP contribution >= 0.6 is 37.2 Å². The quantitative estimate of drug-likeness (QED) is 0.536. The van der Waals surface area contributed by atoms with Gasteiger partial charge in [-0.3, -0.25) is 4.90 Å². The van der Waals surface area contributed by atoms with Gasteiger partial charge in [-0.05, 0) is 38.1 Å². The van der Waals surface area contributed by atoms with E-state index in [0.29, 0.717) is 16.6 Å². The number of benzene rings is 1. The number of rotatable bonds is 4. The number of sulfone groups is 1. The molecular formula is C22H31Cl3N6O2S. The van der Waals surface area contributed by atoms with E-state index < -0.39 is 9.84 Å². The predicted octanol–water partition coefficient (Wildman–Crippen LogP) is 2.94. The van der Waals surface area contributed by atoms with Crippen molar-refractivity contribution in [1.82, 2.24) is 24.8 Å². The van der Waals surface area contributed by atoms with Crippen molar-refractivity contribution >= 4 is 58.4 Å². The van der Waals surface area contributed by atoms with Gasteiger partial charge >= 0.3 is 0 Å². The molecule has 3 aromatic rings. The molecule has 0 saturated carbocycles. The number of nitrogens with zero attached hydrogens (tertiary/aromatic N) is 5. The molecule has 0 atom stereocenters. The third-order valence-corrected chi connectivity index (χ3v) is 7.47. The number of fused-ring (bicyclic) bond motifs is 1. The van der Waals surface area contributed by atoms with Gasteiger partial charge in [0, 0.05) is 50.1 Å². The van der Waals surface area contributed by atoms with Gasteiger partial charge in [0.15, 0.2) is 15.5 Å². The standard InChI is InChI=1S/C22H28N6O2S.3ClH/c1-31(29,30)20-4-2-3-17(13-20)21-14-22-24-15-19(16-28(22)25-21)27-11-9-26(10-12-27)18-5-7-23-8-6-18;;;/h2-4,13-16,18,23H,5-12H2,1H3;3*1H. The number of hydrogen-bond donors (Lipinski definition) is 1.